The number of rotatable bonds is 4. The second-order valence-electron chi connectivity index (χ2n) is 9.67. The predicted octanol–water partition coefficient (Wildman–Crippen LogP) is 2.53. The summed E-state index contributed by atoms with van der Waals surface area (Å²) in [4.78, 5) is 35.6. The Morgan fingerprint density at radius 3 is 2.61 bits per heavy atom. The molecule has 2 amide bonds. The lowest BCUT2D eigenvalue weighted by Gasteiger charge is -2.41. The SMILES string of the molecule is C#CC(=O)N1CCC=C(c2cc(C#N)c(N3CCN(C(=O)C4CC4)[C@H](C)C3)nc2C2CC2)C1. The van der Waals surface area contributed by atoms with Crippen LogP contribution in [0.15, 0.2) is 12.1 Å². The first-order valence-electron chi connectivity index (χ1n) is 12.0. The van der Waals surface area contributed by atoms with Crippen LogP contribution in [0.2, 0.25) is 0 Å². The maximum Gasteiger partial charge on any atom is 0.298 e. The average Bonchev–Trinajstić information content (AvgIpc) is 3.75. The van der Waals surface area contributed by atoms with Crippen LogP contribution in [-0.2, 0) is 9.59 Å². The third-order valence-corrected chi connectivity index (χ3v) is 7.16. The minimum Gasteiger partial charge on any atom is -0.352 e. The molecule has 2 saturated carbocycles. The van der Waals surface area contributed by atoms with Crippen LogP contribution in [-0.4, -0.2) is 65.4 Å². The summed E-state index contributed by atoms with van der Waals surface area (Å²) in [6.45, 7) is 5.17. The van der Waals surface area contributed by atoms with Gasteiger partial charge in [0.2, 0.25) is 5.91 Å². The molecule has 1 aromatic rings. The van der Waals surface area contributed by atoms with Gasteiger partial charge in [0.1, 0.15) is 11.9 Å². The number of pyridine rings is 1. The largest absolute Gasteiger partial charge is 0.352 e. The van der Waals surface area contributed by atoms with E-state index in [1.54, 1.807) is 4.90 Å². The number of nitriles is 1. The lowest BCUT2D eigenvalue weighted by atomic mass is 9.95. The molecule has 0 bridgehead atoms. The molecule has 33 heavy (non-hydrogen) atoms. The predicted molar refractivity (Wildman–Crippen MR) is 125 cm³/mol. The molecule has 2 aliphatic heterocycles. The third kappa shape index (κ3) is 4.20. The fourth-order valence-corrected chi connectivity index (χ4v) is 5.01. The van der Waals surface area contributed by atoms with E-state index in [1.807, 2.05) is 11.0 Å². The Morgan fingerprint density at radius 2 is 1.97 bits per heavy atom. The molecule has 2 aliphatic carbocycles. The summed E-state index contributed by atoms with van der Waals surface area (Å²) in [7, 11) is 0. The quantitative estimate of drug-likeness (QED) is 0.668. The van der Waals surface area contributed by atoms with Gasteiger partial charge in [0, 0.05) is 56.2 Å². The van der Waals surface area contributed by atoms with Crippen LogP contribution in [0.1, 0.15) is 61.8 Å². The van der Waals surface area contributed by atoms with Crippen LogP contribution < -0.4 is 4.90 Å². The fourth-order valence-electron chi connectivity index (χ4n) is 5.01. The highest BCUT2D eigenvalue weighted by atomic mass is 16.2. The Labute approximate surface area is 195 Å². The first-order valence-corrected chi connectivity index (χ1v) is 12.0. The highest BCUT2D eigenvalue weighted by Gasteiger charge is 2.38. The molecule has 7 heteroatoms. The smallest absolute Gasteiger partial charge is 0.298 e. The van der Waals surface area contributed by atoms with Crippen LogP contribution in [0.3, 0.4) is 0 Å². The Hall–Kier alpha value is -3.32. The molecule has 170 valence electrons. The van der Waals surface area contributed by atoms with Gasteiger partial charge in [-0.3, -0.25) is 9.59 Å². The zero-order valence-electron chi connectivity index (χ0n) is 19.1. The molecule has 3 heterocycles. The van der Waals surface area contributed by atoms with Crippen LogP contribution in [0.25, 0.3) is 5.57 Å². The molecule has 4 aliphatic rings. The van der Waals surface area contributed by atoms with Crippen molar-refractivity contribution in [3.63, 3.8) is 0 Å². The molecule has 7 nitrogen and oxygen atoms in total. The van der Waals surface area contributed by atoms with Crippen LogP contribution >= 0.6 is 0 Å². The monoisotopic (exact) mass is 443 g/mol. The van der Waals surface area contributed by atoms with Gasteiger partial charge in [-0.25, -0.2) is 4.98 Å². The molecule has 0 N–H and O–H groups in total. The fraction of sp³-hybridized carbons (Fsp3) is 0.538. The zero-order chi connectivity index (χ0) is 23.1. The molecular formula is C26H29N5O2. The van der Waals surface area contributed by atoms with E-state index in [0.717, 1.165) is 54.8 Å². The number of aromatic nitrogens is 1. The van der Waals surface area contributed by atoms with Crippen molar-refractivity contribution in [2.75, 3.05) is 37.6 Å². The van der Waals surface area contributed by atoms with E-state index >= 15 is 0 Å². The van der Waals surface area contributed by atoms with Crippen molar-refractivity contribution in [3.05, 3.63) is 29.0 Å². The number of carbonyl (C=O) groups excluding carboxylic acids is 2. The second kappa shape index (κ2) is 8.56. The maximum absolute atomic E-state index is 12.6. The molecule has 1 aromatic heterocycles. The van der Waals surface area contributed by atoms with Crippen molar-refractivity contribution in [1.82, 2.24) is 14.8 Å². The van der Waals surface area contributed by atoms with Gasteiger partial charge in [-0.05, 0) is 56.6 Å². The summed E-state index contributed by atoms with van der Waals surface area (Å²) in [6, 6.07) is 4.40. The number of piperazine rings is 1. The third-order valence-electron chi connectivity index (χ3n) is 7.16. The Kier molecular flexibility index (Phi) is 5.58. The van der Waals surface area contributed by atoms with Crippen LogP contribution in [0, 0.1) is 29.6 Å². The molecule has 0 aromatic carbocycles. The summed E-state index contributed by atoms with van der Waals surface area (Å²) in [5, 5.41) is 9.99. The van der Waals surface area contributed by atoms with Crippen molar-refractivity contribution >= 4 is 23.2 Å². The number of carbonyl (C=O) groups is 2. The van der Waals surface area contributed by atoms with E-state index in [1.165, 1.54) is 0 Å². The lowest BCUT2D eigenvalue weighted by Crippen LogP contribution is -2.55. The van der Waals surface area contributed by atoms with Gasteiger partial charge in [-0.1, -0.05) is 6.08 Å². The topological polar surface area (TPSA) is 80.5 Å². The summed E-state index contributed by atoms with van der Waals surface area (Å²) in [5.74, 6) is 3.53. The second-order valence-corrected chi connectivity index (χ2v) is 9.67. The highest BCUT2D eigenvalue weighted by Crippen LogP contribution is 2.44. The standard InChI is InChI=1S/C26H29N5O2/c1-3-23(32)29-10-4-5-20(16-29)22-13-21(14-27)25(28-24(22)18-6-7-18)30-11-12-31(17(2)15-30)26(33)19-8-9-19/h1,5,13,17-19H,4,6-12,15-16H2,2H3/t17-/m1/s1. The molecule has 3 fully saturated rings. The minimum atomic E-state index is -0.300. The van der Waals surface area contributed by atoms with Gasteiger partial charge in [0.25, 0.3) is 5.91 Å². The van der Waals surface area contributed by atoms with E-state index < -0.39 is 0 Å². The van der Waals surface area contributed by atoms with E-state index in [2.05, 4.69) is 29.9 Å². The van der Waals surface area contributed by atoms with E-state index in [-0.39, 0.29) is 23.8 Å². The summed E-state index contributed by atoms with van der Waals surface area (Å²) >= 11 is 0. The van der Waals surface area contributed by atoms with Crippen molar-refractivity contribution < 1.29 is 9.59 Å². The van der Waals surface area contributed by atoms with Gasteiger partial charge in [0.05, 0.1) is 11.3 Å². The van der Waals surface area contributed by atoms with Gasteiger partial charge < -0.3 is 14.7 Å². The summed E-state index contributed by atoms with van der Waals surface area (Å²) < 4.78 is 0. The van der Waals surface area contributed by atoms with E-state index in [0.29, 0.717) is 44.2 Å². The van der Waals surface area contributed by atoms with Gasteiger partial charge in [-0.2, -0.15) is 5.26 Å². The van der Waals surface area contributed by atoms with Gasteiger partial charge in [0.15, 0.2) is 0 Å². The van der Waals surface area contributed by atoms with E-state index in [9.17, 15) is 14.9 Å². The van der Waals surface area contributed by atoms with Crippen LogP contribution in [0.4, 0.5) is 5.82 Å². The number of amides is 2. The molecule has 0 radical (unpaired) electrons. The Balaban J connectivity index is 1.43. The van der Waals surface area contributed by atoms with Gasteiger partial charge >= 0.3 is 0 Å². The number of hydrogen-bond donors (Lipinski definition) is 0. The minimum absolute atomic E-state index is 0.0913. The molecule has 0 spiro atoms. The normalized spacial score (nSPS) is 22.9. The summed E-state index contributed by atoms with van der Waals surface area (Å²) in [6.07, 6.45) is 12.4. The van der Waals surface area contributed by atoms with E-state index in [4.69, 9.17) is 11.4 Å². The van der Waals surface area contributed by atoms with Crippen molar-refractivity contribution in [3.8, 4) is 18.4 Å². The number of nitrogens with zero attached hydrogens (tertiary/aromatic N) is 5. The first-order chi connectivity index (χ1) is 16.0. The number of anilines is 1. The van der Waals surface area contributed by atoms with Crippen molar-refractivity contribution in [2.24, 2.45) is 5.92 Å². The van der Waals surface area contributed by atoms with Crippen molar-refractivity contribution in [2.45, 2.75) is 51.0 Å². The Bertz CT molecular complexity index is 1100. The van der Waals surface area contributed by atoms with Crippen molar-refractivity contribution in [1.29, 1.82) is 5.26 Å². The first kappa shape index (κ1) is 21.5. The molecule has 1 atom stereocenters. The molecular weight excluding hydrogens is 414 g/mol. The highest BCUT2D eigenvalue weighted by molar-refractivity contribution is 5.94. The lowest BCUT2D eigenvalue weighted by molar-refractivity contribution is -0.135. The zero-order valence-corrected chi connectivity index (χ0v) is 19.1. The summed E-state index contributed by atoms with van der Waals surface area (Å²) in [5.41, 5.74) is 3.57. The number of hydrogen-bond acceptors (Lipinski definition) is 5. The van der Waals surface area contributed by atoms with Crippen LogP contribution in [0.5, 0.6) is 0 Å². The molecule has 5 rings (SSSR count). The maximum atomic E-state index is 12.6. The Morgan fingerprint density at radius 1 is 1.18 bits per heavy atom. The molecule has 1 saturated heterocycles. The average molecular weight is 444 g/mol. The van der Waals surface area contributed by atoms with Gasteiger partial charge in [-0.15, -0.1) is 6.42 Å². The number of terminal acetylenes is 1. The molecule has 0 unspecified atom stereocenters.